The number of carbonyl (C=O) groups is 1. The van der Waals surface area contributed by atoms with Gasteiger partial charge in [-0.3, -0.25) is 4.79 Å². The number of ketones is 1. The van der Waals surface area contributed by atoms with Crippen LogP contribution in [-0.2, 0) is 11.2 Å². The van der Waals surface area contributed by atoms with Gasteiger partial charge in [0.15, 0.2) is 0 Å². The third-order valence-electron chi connectivity index (χ3n) is 2.86. The maximum absolute atomic E-state index is 13.1. The van der Waals surface area contributed by atoms with E-state index in [1.165, 1.54) is 6.07 Å². The molecule has 0 N–H and O–H groups in total. The molecule has 1 fully saturated rings. The molecule has 1 aliphatic rings. The molecule has 1 aliphatic carbocycles. The van der Waals surface area contributed by atoms with Gasteiger partial charge >= 0.3 is 0 Å². The minimum atomic E-state index is -0.376. The number of halogens is 2. The molecular weight excluding hydrogens is 215 g/mol. The first-order valence-corrected chi connectivity index (χ1v) is 5.48. The van der Waals surface area contributed by atoms with Crippen LogP contribution in [0, 0.1) is 11.7 Å². The molecule has 0 heterocycles. The fourth-order valence-corrected chi connectivity index (χ4v) is 2.18. The van der Waals surface area contributed by atoms with Gasteiger partial charge in [0.2, 0.25) is 0 Å². The Kier molecular flexibility index (Phi) is 3.06. The molecule has 0 spiro atoms. The molecule has 0 saturated heterocycles. The van der Waals surface area contributed by atoms with Crippen LogP contribution < -0.4 is 0 Å². The van der Waals surface area contributed by atoms with E-state index in [2.05, 4.69) is 0 Å². The average molecular weight is 227 g/mol. The van der Waals surface area contributed by atoms with Crippen LogP contribution in [0.15, 0.2) is 18.2 Å². The predicted octanol–water partition coefficient (Wildman–Crippen LogP) is 3.39. The minimum Gasteiger partial charge on any atom is -0.300 e. The lowest BCUT2D eigenvalue weighted by Gasteiger charge is -2.08. The highest BCUT2D eigenvalue weighted by atomic mass is 35.5. The molecule has 3 heteroatoms. The zero-order chi connectivity index (χ0) is 10.8. The average Bonchev–Trinajstić information content (AvgIpc) is 2.58. The Labute approximate surface area is 93.2 Å². The molecule has 1 nitrogen and oxygen atoms in total. The summed E-state index contributed by atoms with van der Waals surface area (Å²) < 4.78 is 13.1. The summed E-state index contributed by atoms with van der Waals surface area (Å²) in [6, 6.07) is 4.86. The third-order valence-corrected chi connectivity index (χ3v) is 3.16. The van der Waals surface area contributed by atoms with Crippen molar-refractivity contribution < 1.29 is 9.18 Å². The van der Waals surface area contributed by atoms with Crippen molar-refractivity contribution in [2.24, 2.45) is 5.92 Å². The van der Waals surface area contributed by atoms with Crippen molar-refractivity contribution in [1.29, 1.82) is 0 Å². The number of Topliss-reactive ketones (excluding diaryl/α,β-unsaturated/α-hetero) is 1. The Morgan fingerprint density at radius 1 is 1.47 bits per heavy atom. The number of rotatable bonds is 2. The molecular formula is C12H12ClFO. The van der Waals surface area contributed by atoms with Crippen LogP contribution in [0.25, 0.3) is 0 Å². The van der Waals surface area contributed by atoms with Gasteiger partial charge in [-0.2, -0.15) is 0 Å². The summed E-state index contributed by atoms with van der Waals surface area (Å²) in [5.74, 6) is 0.339. The van der Waals surface area contributed by atoms with E-state index in [9.17, 15) is 9.18 Å². The monoisotopic (exact) mass is 226 g/mol. The van der Waals surface area contributed by atoms with Crippen LogP contribution in [0.4, 0.5) is 4.39 Å². The van der Waals surface area contributed by atoms with E-state index in [0.717, 1.165) is 18.4 Å². The topological polar surface area (TPSA) is 17.1 Å². The van der Waals surface area contributed by atoms with Crippen LogP contribution in [0.3, 0.4) is 0 Å². The summed E-state index contributed by atoms with van der Waals surface area (Å²) in [6.45, 7) is 0. The molecule has 2 rings (SSSR count). The number of hydrogen-bond acceptors (Lipinski definition) is 1. The predicted molar refractivity (Wildman–Crippen MR) is 57.5 cm³/mol. The van der Waals surface area contributed by atoms with Crippen molar-refractivity contribution in [1.82, 2.24) is 0 Å². The molecule has 80 valence electrons. The highest BCUT2D eigenvalue weighted by Crippen LogP contribution is 2.26. The van der Waals surface area contributed by atoms with Crippen molar-refractivity contribution in [2.45, 2.75) is 25.7 Å². The van der Waals surface area contributed by atoms with Crippen LogP contribution in [0.1, 0.15) is 24.8 Å². The van der Waals surface area contributed by atoms with Crippen molar-refractivity contribution in [3.8, 4) is 0 Å². The van der Waals surface area contributed by atoms with E-state index < -0.39 is 0 Å². The van der Waals surface area contributed by atoms with E-state index in [-0.39, 0.29) is 10.8 Å². The fraction of sp³-hybridized carbons (Fsp3) is 0.417. The normalized spacial score (nSPS) is 20.9. The van der Waals surface area contributed by atoms with Gasteiger partial charge in [0.1, 0.15) is 11.6 Å². The first-order chi connectivity index (χ1) is 7.15. The van der Waals surface area contributed by atoms with Crippen molar-refractivity contribution in [2.75, 3.05) is 0 Å². The summed E-state index contributed by atoms with van der Waals surface area (Å²) in [4.78, 5) is 11.1. The Morgan fingerprint density at radius 3 is 2.87 bits per heavy atom. The van der Waals surface area contributed by atoms with Gasteiger partial charge in [-0.05, 0) is 36.5 Å². The first-order valence-electron chi connectivity index (χ1n) is 5.11. The van der Waals surface area contributed by atoms with E-state index >= 15 is 0 Å². The fourth-order valence-electron chi connectivity index (χ4n) is 2.07. The molecule has 0 radical (unpaired) electrons. The lowest BCUT2D eigenvalue weighted by atomic mass is 9.98. The van der Waals surface area contributed by atoms with E-state index in [1.54, 1.807) is 6.07 Å². The van der Waals surface area contributed by atoms with Gasteiger partial charge in [0.25, 0.3) is 0 Å². The van der Waals surface area contributed by atoms with Crippen LogP contribution >= 0.6 is 11.6 Å². The van der Waals surface area contributed by atoms with Crippen LogP contribution in [0.2, 0.25) is 5.02 Å². The number of benzene rings is 1. The van der Waals surface area contributed by atoms with Crippen molar-refractivity contribution >= 4 is 17.4 Å². The van der Waals surface area contributed by atoms with Gasteiger partial charge < -0.3 is 0 Å². The van der Waals surface area contributed by atoms with Gasteiger partial charge in [0.05, 0.1) is 5.02 Å². The van der Waals surface area contributed by atoms with Crippen LogP contribution in [-0.4, -0.2) is 5.78 Å². The maximum Gasteiger partial charge on any atom is 0.142 e. The van der Waals surface area contributed by atoms with E-state index in [0.29, 0.717) is 24.5 Å². The highest BCUT2D eigenvalue weighted by molar-refractivity contribution is 6.30. The van der Waals surface area contributed by atoms with Gasteiger partial charge in [-0.15, -0.1) is 0 Å². The molecule has 1 saturated carbocycles. The molecule has 0 amide bonds. The molecule has 15 heavy (non-hydrogen) atoms. The molecule has 1 unspecified atom stereocenters. The summed E-state index contributed by atoms with van der Waals surface area (Å²) >= 11 is 5.59. The first kappa shape index (κ1) is 10.6. The van der Waals surface area contributed by atoms with Crippen LogP contribution in [0.5, 0.6) is 0 Å². The SMILES string of the molecule is O=C1CCC(Cc2ccc(Cl)c(F)c2)C1. The lowest BCUT2D eigenvalue weighted by Crippen LogP contribution is -2.00. The summed E-state index contributed by atoms with van der Waals surface area (Å²) in [5, 5.41) is 0.154. The second kappa shape index (κ2) is 4.31. The Balaban J connectivity index is 2.05. The quantitative estimate of drug-likeness (QED) is 0.756. The third kappa shape index (κ3) is 2.57. The smallest absolute Gasteiger partial charge is 0.142 e. The van der Waals surface area contributed by atoms with Crippen molar-refractivity contribution in [3.63, 3.8) is 0 Å². The molecule has 0 bridgehead atoms. The summed E-state index contributed by atoms with van der Waals surface area (Å²) in [6.07, 6.45) is 3.04. The zero-order valence-corrected chi connectivity index (χ0v) is 9.06. The largest absolute Gasteiger partial charge is 0.300 e. The molecule has 1 atom stereocenters. The highest BCUT2D eigenvalue weighted by Gasteiger charge is 2.22. The number of hydrogen-bond donors (Lipinski definition) is 0. The zero-order valence-electron chi connectivity index (χ0n) is 8.30. The van der Waals surface area contributed by atoms with Gasteiger partial charge in [0, 0.05) is 12.8 Å². The lowest BCUT2D eigenvalue weighted by molar-refractivity contribution is -0.117. The maximum atomic E-state index is 13.1. The number of carbonyl (C=O) groups excluding carboxylic acids is 1. The van der Waals surface area contributed by atoms with Gasteiger partial charge in [-0.1, -0.05) is 17.7 Å². The molecule has 0 aromatic heterocycles. The van der Waals surface area contributed by atoms with Gasteiger partial charge in [-0.25, -0.2) is 4.39 Å². The summed E-state index contributed by atoms with van der Waals surface area (Å²) in [7, 11) is 0. The minimum absolute atomic E-state index is 0.154. The van der Waals surface area contributed by atoms with E-state index in [4.69, 9.17) is 11.6 Å². The second-order valence-electron chi connectivity index (χ2n) is 4.10. The Morgan fingerprint density at radius 2 is 2.27 bits per heavy atom. The molecule has 1 aromatic rings. The molecule has 0 aliphatic heterocycles. The standard InChI is InChI=1S/C12H12ClFO/c13-11-4-2-9(7-12(11)14)5-8-1-3-10(15)6-8/h2,4,7-8H,1,3,5-6H2. The van der Waals surface area contributed by atoms with Crippen molar-refractivity contribution in [3.05, 3.63) is 34.6 Å². The second-order valence-corrected chi connectivity index (χ2v) is 4.51. The molecule has 1 aromatic carbocycles. The Hall–Kier alpha value is -0.890. The summed E-state index contributed by atoms with van der Waals surface area (Å²) in [5.41, 5.74) is 0.927. The Bertz CT molecular complexity index is 389. The van der Waals surface area contributed by atoms with E-state index in [1.807, 2.05) is 6.07 Å².